The highest BCUT2D eigenvalue weighted by molar-refractivity contribution is 6.18. The fourth-order valence-electron chi connectivity index (χ4n) is 3.70. The Morgan fingerprint density at radius 2 is 1.85 bits per heavy atom. The molecule has 0 aliphatic rings. The monoisotopic (exact) mass is 538 g/mol. The summed E-state index contributed by atoms with van der Waals surface area (Å²) in [5.41, 5.74) is 0.0836. The molecule has 0 aromatic carbocycles. The Kier molecular flexibility index (Phi) is 6.75. The molecule has 198 valence electrons. The zero-order chi connectivity index (χ0) is 27.6. The second-order valence-electron chi connectivity index (χ2n) is 8.13. The summed E-state index contributed by atoms with van der Waals surface area (Å²) in [6, 6.07) is 8.19. The van der Waals surface area contributed by atoms with Crippen molar-refractivity contribution in [1.82, 2.24) is 29.9 Å². The third kappa shape index (κ3) is 5.44. The molecule has 14 heteroatoms. The number of hydrogen-bond acceptors (Lipinski definition) is 9. The molecule has 0 fully saturated rings. The molecular weight excluding hydrogens is 520 g/mol. The smallest absolute Gasteiger partial charge is 0.433 e. The molecule has 0 aliphatic carbocycles. The number of rotatable bonds is 8. The van der Waals surface area contributed by atoms with Gasteiger partial charge in [-0.1, -0.05) is 6.07 Å². The Balaban J connectivity index is 1.37. The molecule has 5 aromatic heterocycles. The quantitative estimate of drug-likeness (QED) is 0.144. The van der Waals surface area contributed by atoms with Crippen molar-refractivity contribution in [2.75, 3.05) is 17.7 Å². The SMILES string of the molecule is COc1ccc(Nc2ccc(C(=O)c3c[nH]c4ncnc(NCc5ccc(C(F)(F)F)nc5)c34)c(F)n2)cn1. The molecule has 0 saturated carbocycles. The lowest BCUT2D eigenvalue weighted by Gasteiger charge is -2.10. The summed E-state index contributed by atoms with van der Waals surface area (Å²) in [6.07, 6.45) is 0.656. The fraction of sp³-hybridized carbons (Fsp3) is 0.120. The number of methoxy groups -OCH3 is 1. The van der Waals surface area contributed by atoms with Gasteiger partial charge in [0.2, 0.25) is 11.8 Å². The first kappa shape index (κ1) is 25.5. The van der Waals surface area contributed by atoms with Crippen molar-refractivity contribution in [1.29, 1.82) is 0 Å². The maximum atomic E-state index is 14.9. The van der Waals surface area contributed by atoms with E-state index in [1.165, 1.54) is 44.0 Å². The largest absolute Gasteiger partial charge is 0.481 e. The zero-order valence-corrected chi connectivity index (χ0v) is 20.0. The Morgan fingerprint density at radius 1 is 1.00 bits per heavy atom. The maximum absolute atomic E-state index is 14.9. The lowest BCUT2D eigenvalue weighted by Crippen LogP contribution is -2.10. The van der Waals surface area contributed by atoms with Crippen LogP contribution in [-0.2, 0) is 12.7 Å². The molecule has 39 heavy (non-hydrogen) atoms. The highest BCUT2D eigenvalue weighted by Gasteiger charge is 2.32. The number of aromatic nitrogens is 6. The fourth-order valence-corrected chi connectivity index (χ4v) is 3.70. The van der Waals surface area contributed by atoms with Crippen molar-refractivity contribution >= 4 is 34.1 Å². The summed E-state index contributed by atoms with van der Waals surface area (Å²) in [7, 11) is 1.48. The topological polar surface area (TPSA) is 131 Å². The zero-order valence-electron chi connectivity index (χ0n) is 20.0. The number of aromatic amines is 1. The van der Waals surface area contributed by atoms with Gasteiger partial charge in [0.15, 0.2) is 5.78 Å². The first-order valence-corrected chi connectivity index (χ1v) is 11.3. The lowest BCUT2D eigenvalue weighted by molar-refractivity contribution is -0.141. The van der Waals surface area contributed by atoms with E-state index in [4.69, 9.17) is 4.74 Å². The van der Waals surface area contributed by atoms with E-state index >= 15 is 0 Å². The van der Waals surface area contributed by atoms with Gasteiger partial charge in [-0.2, -0.15) is 17.6 Å². The van der Waals surface area contributed by atoms with Crippen LogP contribution in [0, 0.1) is 5.95 Å². The van der Waals surface area contributed by atoms with Crippen molar-refractivity contribution in [3.63, 3.8) is 0 Å². The van der Waals surface area contributed by atoms with E-state index in [1.54, 1.807) is 12.1 Å². The Hall–Kier alpha value is -5.14. The number of fused-ring (bicyclic) bond motifs is 1. The number of anilines is 3. The van der Waals surface area contributed by atoms with E-state index in [9.17, 15) is 22.4 Å². The molecule has 0 aliphatic heterocycles. The molecule has 0 atom stereocenters. The molecule has 0 radical (unpaired) electrons. The third-order valence-corrected chi connectivity index (χ3v) is 5.60. The predicted octanol–water partition coefficient (Wildman–Crippen LogP) is 4.90. The van der Waals surface area contributed by atoms with Crippen LogP contribution in [-0.4, -0.2) is 42.8 Å². The lowest BCUT2D eigenvalue weighted by atomic mass is 10.0. The summed E-state index contributed by atoms with van der Waals surface area (Å²) in [5.74, 6) is -0.872. The van der Waals surface area contributed by atoms with Gasteiger partial charge in [-0.05, 0) is 29.8 Å². The van der Waals surface area contributed by atoms with E-state index in [-0.39, 0.29) is 34.7 Å². The molecular formula is C25H18F4N8O2. The van der Waals surface area contributed by atoms with Gasteiger partial charge >= 0.3 is 6.18 Å². The van der Waals surface area contributed by atoms with Gasteiger partial charge in [0, 0.05) is 25.0 Å². The number of nitrogens with zero attached hydrogens (tertiary/aromatic N) is 5. The van der Waals surface area contributed by atoms with Crippen LogP contribution in [0.5, 0.6) is 5.88 Å². The first-order chi connectivity index (χ1) is 18.7. The van der Waals surface area contributed by atoms with Gasteiger partial charge < -0.3 is 20.4 Å². The molecule has 0 saturated heterocycles. The van der Waals surface area contributed by atoms with Crippen molar-refractivity contribution < 1.29 is 27.1 Å². The number of nitrogens with one attached hydrogen (secondary N) is 3. The second-order valence-corrected chi connectivity index (χ2v) is 8.13. The summed E-state index contributed by atoms with van der Waals surface area (Å²) in [6.45, 7) is 0.0621. The Bertz CT molecular complexity index is 1640. The van der Waals surface area contributed by atoms with E-state index in [2.05, 4.69) is 40.5 Å². The normalized spacial score (nSPS) is 11.4. The number of carbonyl (C=O) groups is 1. The minimum absolute atomic E-state index is 0.0621. The molecule has 10 nitrogen and oxygen atoms in total. The van der Waals surface area contributed by atoms with Gasteiger partial charge in [0.05, 0.1) is 35.5 Å². The van der Waals surface area contributed by atoms with Crippen molar-refractivity contribution in [3.8, 4) is 5.88 Å². The van der Waals surface area contributed by atoms with Gasteiger partial charge in [-0.15, -0.1) is 0 Å². The number of carbonyl (C=O) groups excluding carboxylic acids is 1. The first-order valence-electron chi connectivity index (χ1n) is 11.3. The van der Waals surface area contributed by atoms with Crippen LogP contribution < -0.4 is 15.4 Å². The van der Waals surface area contributed by atoms with Gasteiger partial charge in [0.1, 0.15) is 29.3 Å². The molecule has 0 spiro atoms. The average Bonchev–Trinajstić information content (AvgIpc) is 3.37. The number of ether oxygens (including phenoxy) is 1. The number of alkyl halides is 3. The third-order valence-electron chi connectivity index (χ3n) is 5.60. The number of pyridine rings is 3. The van der Waals surface area contributed by atoms with Gasteiger partial charge in [-0.3, -0.25) is 9.78 Å². The summed E-state index contributed by atoms with van der Waals surface area (Å²) in [4.78, 5) is 35.7. The average molecular weight is 538 g/mol. The maximum Gasteiger partial charge on any atom is 0.433 e. The van der Waals surface area contributed by atoms with E-state index < -0.39 is 23.6 Å². The van der Waals surface area contributed by atoms with Gasteiger partial charge in [0.25, 0.3) is 0 Å². The molecule has 5 heterocycles. The van der Waals surface area contributed by atoms with Gasteiger partial charge in [-0.25, -0.2) is 19.9 Å². The van der Waals surface area contributed by atoms with Crippen LogP contribution in [0.2, 0.25) is 0 Å². The predicted molar refractivity (Wildman–Crippen MR) is 132 cm³/mol. The summed E-state index contributed by atoms with van der Waals surface area (Å²) < 4.78 is 58.3. The highest BCUT2D eigenvalue weighted by atomic mass is 19.4. The summed E-state index contributed by atoms with van der Waals surface area (Å²) >= 11 is 0. The number of halogens is 4. The van der Waals surface area contributed by atoms with Crippen LogP contribution >= 0.6 is 0 Å². The molecule has 0 amide bonds. The number of H-pyrrole nitrogens is 1. The van der Waals surface area contributed by atoms with Crippen LogP contribution in [0.3, 0.4) is 0 Å². The molecule has 3 N–H and O–H groups in total. The minimum atomic E-state index is -4.55. The van der Waals surface area contributed by atoms with Crippen molar-refractivity contribution in [2.24, 2.45) is 0 Å². The molecule has 0 unspecified atom stereocenters. The minimum Gasteiger partial charge on any atom is -0.481 e. The van der Waals surface area contributed by atoms with E-state index in [0.717, 1.165) is 12.3 Å². The highest BCUT2D eigenvalue weighted by Crippen LogP contribution is 2.29. The summed E-state index contributed by atoms with van der Waals surface area (Å²) in [5, 5.41) is 6.16. The van der Waals surface area contributed by atoms with Crippen LogP contribution in [0.1, 0.15) is 27.2 Å². The van der Waals surface area contributed by atoms with E-state index in [0.29, 0.717) is 22.8 Å². The Morgan fingerprint density at radius 3 is 2.51 bits per heavy atom. The van der Waals surface area contributed by atoms with Crippen LogP contribution in [0.4, 0.5) is 34.9 Å². The van der Waals surface area contributed by atoms with E-state index in [1.807, 2.05) is 0 Å². The van der Waals surface area contributed by atoms with Crippen LogP contribution in [0.15, 0.2) is 61.3 Å². The second kappa shape index (κ2) is 10.3. The van der Waals surface area contributed by atoms with Crippen molar-refractivity contribution in [3.05, 3.63) is 89.6 Å². The number of hydrogen-bond donors (Lipinski definition) is 3. The van der Waals surface area contributed by atoms with Crippen molar-refractivity contribution in [2.45, 2.75) is 12.7 Å². The standard InChI is InChI=1S/C25H18F4N8O2/c1-39-19-7-3-14(10-31-19)36-18-6-4-15(22(26)37-18)21(38)16-11-33-24-20(16)23(34-12-35-24)32-9-13-2-5-17(30-8-13)25(27,28)29/h2-8,10-12H,9H2,1H3,(H,36,37)(H2,32,33,34,35). The molecule has 0 bridgehead atoms. The molecule has 5 aromatic rings. The molecule has 5 rings (SSSR count). The Labute approximate surface area is 217 Å². The number of ketones is 1. The van der Waals surface area contributed by atoms with Crippen LogP contribution in [0.25, 0.3) is 11.0 Å².